The molecule has 10 heteroatoms. The quantitative estimate of drug-likeness (QED) is 0.287. The second-order valence-electron chi connectivity index (χ2n) is 8.30. The maximum atomic E-state index is 13.4. The number of pyridine rings is 1. The Balaban J connectivity index is 1.49. The molecule has 5 rings (SSSR count). The molecule has 0 atom stereocenters. The first-order chi connectivity index (χ1) is 17.0. The lowest BCUT2D eigenvalue weighted by molar-refractivity contribution is -0.122. The van der Waals surface area contributed by atoms with Gasteiger partial charge >= 0.3 is 0 Å². The molecule has 0 spiro atoms. The van der Waals surface area contributed by atoms with Gasteiger partial charge in [0.05, 0.1) is 17.0 Å². The average molecular weight is 509 g/mol. The molecule has 8 nitrogen and oxygen atoms in total. The van der Waals surface area contributed by atoms with E-state index in [0.29, 0.717) is 50.8 Å². The number of aromatic nitrogens is 2. The van der Waals surface area contributed by atoms with Crippen LogP contribution in [0.25, 0.3) is 11.7 Å². The minimum atomic E-state index is -0.245. The van der Waals surface area contributed by atoms with Crippen LogP contribution in [0.5, 0.6) is 11.5 Å². The van der Waals surface area contributed by atoms with Crippen LogP contribution in [0.4, 0.5) is 5.82 Å². The van der Waals surface area contributed by atoms with Crippen LogP contribution in [0.3, 0.4) is 0 Å². The van der Waals surface area contributed by atoms with E-state index in [1.165, 1.54) is 21.1 Å². The van der Waals surface area contributed by atoms with Crippen LogP contribution in [0.1, 0.15) is 36.5 Å². The number of carbonyl (C=O) groups is 1. The highest BCUT2D eigenvalue weighted by Crippen LogP contribution is 2.36. The Bertz CT molecular complexity index is 1430. The van der Waals surface area contributed by atoms with E-state index in [4.69, 9.17) is 26.7 Å². The number of nitrogens with zero attached hydrogens (tertiary/aromatic N) is 3. The molecular weight excluding hydrogens is 484 g/mol. The molecule has 1 aromatic carbocycles. The summed E-state index contributed by atoms with van der Waals surface area (Å²) in [5.41, 5.74) is 2.46. The highest BCUT2D eigenvalue weighted by atomic mass is 32.2. The zero-order valence-corrected chi connectivity index (χ0v) is 21.0. The number of thioether (sulfide) groups is 1. The summed E-state index contributed by atoms with van der Waals surface area (Å²) in [6.07, 6.45) is 5.24. The van der Waals surface area contributed by atoms with Crippen molar-refractivity contribution < 1.29 is 14.3 Å². The normalized spacial score (nSPS) is 16.1. The van der Waals surface area contributed by atoms with E-state index in [1.807, 2.05) is 37.3 Å². The van der Waals surface area contributed by atoms with Crippen molar-refractivity contribution in [1.29, 1.82) is 0 Å². The maximum Gasteiger partial charge on any atom is 0.267 e. The first kappa shape index (κ1) is 23.4. The lowest BCUT2D eigenvalue weighted by Crippen LogP contribution is -2.27. The molecule has 2 aromatic heterocycles. The molecule has 2 aliphatic rings. The van der Waals surface area contributed by atoms with Crippen LogP contribution in [0.15, 0.2) is 46.2 Å². The van der Waals surface area contributed by atoms with Crippen LogP contribution in [-0.2, 0) is 11.3 Å². The van der Waals surface area contributed by atoms with Gasteiger partial charge in [-0.3, -0.25) is 18.9 Å². The zero-order chi connectivity index (χ0) is 24.5. The molecule has 0 aliphatic carbocycles. The number of anilines is 1. The van der Waals surface area contributed by atoms with Gasteiger partial charge in [0.25, 0.3) is 11.5 Å². The standard InChI is InChI=1S/C25H24N4O4S2/c1-3-4-9-26-21-17(23(30)28-10-5-6-15(2)22(28)27-21)12-20-24(31)29(25(34)35-20)13-16-7-8-18-19(11-16)33-14-32-18/h5-8,10-12,26H,3-4,9,13-14H2,1-2H3. The van der Waals surface area contributed by atoms with E-state index in [2.05, 4.69) is 12.2 Å². The molecule has 1 N–H and O–H groups in total. The lowest BCUT2D eigenvalue weighted by atomic mass is 10.2. The van der Waals surface area contributed by atoms with Gasteiger partial charge in [-0.2, -0.15) is 0 Å². The number of amides is 1. The number of hydrogen-bond donors (Lipinski definition) is 1. The van der Waals surface area contributed by atoms with Gasteiger partial charge in [0.1, 0.15) is 15.8 Å². The predicted molar refractivity (Wildman–Crippen MR) is 141 cm³/mol. The Morgan fingerprint density at radius 2 is 2.06 bits per heavy atom. The SMILES string of the molecule is CCCCNc1nc2c(C)cccn2c(=O)c1C=C1SC(=S)N(Cc2ccc3c(c2)OCO3)C1=O. The summed E-state index contributed by atoms with van der Waals surface area (Å²) in [6.45, 7) is 5.18. The smallest absolute Gasteiger partial charge is 0.267 e. The molecule has 3 aromatic rings. The number of benzene rings is 1. The average Bonchev–Trinajstić information content (AvgIpc) is 3.41. The van der Waals surface area contributed by atoms with Crippen molar-refractivity contribution in [2.45, 2.75) is 33.2 Å². The fourth-order valence-electron chi connectivity index (χ4n) is 3.95. The van der Waals surface area contributed by atoms with Crippen molar-refractivity contribution in [2.24, 2.45) is 0 Å². The van der Waals surface area contributed by atoms with Gasteiger partial charge in [-0.05, 0) is 48.7 Å². The summed E-state index contributed by atoms with van der Waals surface area (Å²) in [7, 11) is 0. The molecule has 35 heavy (non-hydrogen) atoms. The van der Waals surface area contributed by atoms with Crippen molar-refractivity contribution >= 4 is 51.7 Å². The van der Waals surface area contributed by atoms with E-state index < -0.39 is 0 Å². The number of fused-ring (bicyclic) bond motifs is 2. The molecule has 0 bridgehead atoms. The molecule has 0 unspecified atom stereocenters. The Morgan fingerprint density at radius 1 is 1.23 bits per heavy atom. The van der Waals surface area contributed by atoms with Crippen molar-refractivity contribution in [3.8, 4) is 11.5 Å². The predicted octanol–water partition coefficient (Wildman–Crippen LogP) is 4.35. The Kier molecular flexibility index (Phi) is 6.48. The van der Waals surface area contributed by atoms with Crippen LogP contribution in [-0.4, -0.2) is 37.8 Å². The second-order valence-corrected chi connectivity index (χ2v) is 9.98. The Labute approximate surface area is 211 Å². The number of hydrogen-bond acceptors (Lipinski definition) is 8. The first-order valence-electron chi connectivity index (χ1n) is 11.4. The summed E-state index contributed by atoms with van der Waals surface area (Å²) in [5.74, 6) is 1.56. The minimum Gasteiger partial charge on any atom is -0.454 e. The van der Waals surface area contributed by atoms with Crippen molar-refractivity contribution in [1.82, 2.24) is 14.3 Å². The van der Waals surface area contributed by atoms with Crippen LogP contribution in [0, 0.1) is 6.92 Å². The third-order valence-electron chi connectivity index (χ3n) is 5.83. The summed E-state index contributed by atoms with van der Waals surface area (Å²) in [5, 5.41) is 3.29. The minimum absolute atomic E-state index is 0.187. The number of carbonyl (C=O) groups excluding carboxylic acids is 1. The van der Waals surface area contributed by atoms with Crippen LogP contribution < -0.4 is 20.3 Å². The fraction of sp³-hybridized carbons (Fsp3) is 0.280. The van der Waals surface area contributed by atoms with Gasteiger partial charge in [-0.25, -0.2) is 4.98 Å². The summed E-state index contributed by atoms with van der Waals surface area (Å²) in [6, 6.07) is 9.28. The topological polar surface area (TPSA) is 85.2 Å². The van der Waals surface area contributed by atoms with E-state index >= 15 is 0 Å². The molecule has 1 fully saturated rings. The van der Waals surface area contributed by atoms with Gasteiger partial charge in [0.15, 0.2) is 11.5 Å². The second kappa shape index (κ2) is 9.71. The number of ether oxygens (including phenoxy) is 2. The molecule has 1 saturated heterocycles. The van der Waals surface area contributed by atoms with Gasteiger partial charge < -0.3 is 14.8 Å². The fourth-order valence-corrected chi connectivity index (χ4v) is 5.19. The summed E-state index contributed by atoms with van der Waals surface area (Å²) < 4.78 is 12.7. The van der Waals surface area contributed by atoms with Gasteiger partial charge in [-0.1, -0.05) is 49.5 Å². The Morgan fingerprint density at radius 3 is 2.89 bits per heavy atom. The van der Waals surface area contributed by atoms with Crippen LogP contribution >= 0.6 is 24.0 Å². The van der Waals surface area contributed by atoms with E-state index in [1.54, 1.807) is 12.3 Å². The van der Waals surface area contributed by atoms with E-state index in [9.17, 15) is 9.59 Å². The third-order valence-corrected chi connectivity index (χ3v) is 7.21. The molecule has 180 valence electrons. The molecule has 0 saturated carbocycles. The van der Waals surface area contributed by atoms with Crippen molar-refractivity contribution in [2.75, 3.05) is 18.7 Å². The number of thiocarbonyl (C=S) groups is 1. The number of aryl methyl sites for hydroxylation is 1. The van der Waals surface area contributed by atoms with Crippen LogP contribution in [0.2, 0.25) is 0 Å². The van der Waals surface area contributed by atoms with Gasteiger partial charge in [0.2, 0.25) is 6.79 Å². The monoisotopic (exact) mass is 508 g/mol. The molecule has 1 amide bonds. The molecule has 0 radical (unpaired) electrons. The van der Waals surface area contributed by atoms with Gasteiger partial charge in [0, 0.05) is 12.7 Å². The lowest BCUT2D eigenvalue weighted by Gasteiger charge is -2.15. The molecular formula is C25H24N4O4S2. The van der Waals surface area contributed by atoms with Gasteiger partial charge in [-0.15, -0.1) is 0 Å². The molecule has 4 heterocycles. The summed E-state index contributed by atoms with van der Waals surface area (Å²) >= 11 is 6.70. The first-order valence-corrected chi connectivity index (χ1v) is 12.6. The highest BCUT2D eigenvalue weighted by Gasteiger charge is 2.33. The van der Waals surface area contributed by atoms with Crippen molar-refractivity contribution in [3.05, 3.63) is 68.5 Å². The number of rotatable bonds is 7. The van der Waals surface area contributed by atoms with Crippen molar-refractivity contribution in [3.63, 3.8) is 0 Å². The highest BCUT2D eigenvalue weighted by molar-refractivity contribution is 8.26. The maximum absolute atomic E-state index is 13.4. The third kappa shape index (κ3) is 4.51. The Hall–Kier alpha value is -3.37. The summed E-state index contributed by atoms with van der Waals surface area (Å²) in [4.78, 5) is 33.4. The zero-order valence-electron chi connectivity index (χ0n) is 19.4. The number of unbranched alkanes of at least 4 members (excludes halogenated alkanes) is 1. The largest absolute Gasteiger partial charge is 0.454 e. The van der Waals surface area contributed by atoms with E-state index in [0.717, 1.165) is 24.0 Å². The molecule has 2 aliphatic heterocycles. The van der Waals surface area contributed by atoms with E-state index in [-0.39, 0.29) is 18.3 Å². The number of nitrogens with one attached hydrogen (secondary N) is 1.